The number of hydrogen-bond acceptors (Lipinski definition) is 3. The predicted molar refractivity (Wildman–Crippen MR) is 78.4 cm³/mol. The Morgan fingerprint density at radius 3 is 2.45 bits per heavy atom. The first kappa shape index (κ1) is 15.3. The van der Waals surface area contributed by atoms with Gasteiger partial charge in [0, 0.05) is 10.7 Å². The normalized spacial score (nSPS) is 11.4. The summed E-state index contributed by atoms with van der Waals surface area (Å²) in [5.74, 6) is 0.533. The van der Waals surface area contributed by atoms with Crippen LogP contribution in [0.15, 0.2) is 45.8 Å². The molecule has 3 nitrogen and oxygen atoms in total. The molecule has 106 valence electrons. The molecule has 0 aromatic heterocycles. The topological polar surface area (TPSA) is 43.4 Å². The molecule has 2 aromatic carbocycles. The molecular weight excluding hydrogens is 371 g/mol. The number of aryl methyl sites for hydroxylation is 1. The van der Waals surface area contributed by atoms with Gasteiger partial charge in [-0.3, -0.25) is 0 Å². The molecule has 0 atom stereocenters. The van der Waals surface area contributed by atoms with E-state index in [0.29, 0.717) is 21.5 Å². The van der Waals surface area contributed by atoms with E-state index in [9.17, 15) is 12.8 Å². The maximum atomic E-state index is 13.2. The van der Waals surface area contributed by atoms with E-state index >= 15 is 0 Å². The largest absolute Gasteiger partial charge is 0.456 e. The SMILES string of the molecule is Cc1cc(Oc2ccc(S(=O)(=O)Cl)cc2Br)ccc1F. The van der Waals surface area contributed by atoms with Gasteiger partial charge in [-0.25, -0.2) is 12.8 Å². The molecule has 0 aliphatic carbocycles. The fourth-order valence-corrected chi connectivity index (χ4v) is 2.91. The van der Waals surface area contributed by atoms with Crippen LogP contribution in [-0.4, -0.2) is 8.42 Å². The summed E-state index contributed by atoms with van der Waals surface area (Å²) in [5, 5.41) is 0. The molecular formula is C13H9BrClFO3S. The average Bonchev–Trinajstić information content (AvgIpc) is 2.35. The highest BCUT2D eigenvalue weighted by Gasteiger charge is 2.13. The third-order valence-electron chi connectivity index (χ3n) is 2.54. The fourth-order valence-electron chi connectivity index (χ4n) is 1.52. The lowest BCUT2D eigenvalue weighted by Crippen LogP contribution is -1.93. The number of hydrogen-bond donors (Lipinski definition) is 0. The molecule has 0 spiro atoms. The van der Waals surface area contributed by atoms with Gasteiger partial charge in [-0.1, -0.05) is 0 Å². The van der Waals surface area contributed by atoms with Gasteiger partial charge in [-0.15, -0.1) is 0 Å². The molecule has 0 N–H and O–H groups in total. The van der Waals surface area contributed by atoms with Crippen LogP contribution < -0.4 is 4.74 Å². The zero-order chi connectivity index (χ0) is 14.9. The second-order valence-electron chi connectivity index (χ2n) is 4.04. The van der Waals surface area contributed by atoms with E-state index in [1.165, 1.54) is 30.3 Å². The lowest BCUT2D eigenvalue weighted by atomic mass is 10.2. The summed E-state index contributed by atoms with van der Waals surface area (Å²) >= 11 is 3.21. The van der Waals surface area contributed by atoms with Gasteiger partial charge in [0.2, 0.25) is 0 Å². The predicted octanol–water partition coefficient (Wildman–Crippen LogP) is 4.62. The summed E-state index contributed by atoms with van der Waals surface area (Å²) in [5.41, 5.74) is 0.457. The van der Waals surface area contributed by atoms with Gasteiger partial charge in [-0.05, 0) is 64.8 Å². The molecule has 0 bridgehead atoms. The van der Waals surface area contributed by atoms with Crippen LogP contribution in [0.1, 0.15) is 5.56 Å². The van der Waals surface area contributed by atoms with E-state index in [0.717, 1.165) is 0 Å². The molecule has 7 heteroatoms. The summed E-state index contributed by atoms with van der Waals surface area (Å²) in [6.07, 6.45) is 0. The Bertz CT molecular complexity index is 762. The highest BCUT2D eigenvalue weighted by atomic mass is 79.9. The zero-order valence-corrected chi connectivity index (χ0v) is 13.4. The van der Waals surface area contributed by atoms with Crippen molar-refractivity contribution in [1.82, 2.24) is 0 Å². The van der Waals surface area contributed by atoms with Gasteiger partial charge >= 0.3 is 0 Å². The van der Waals surface area contributed by atoms with Crippen LogP contribution in [0.5, 0.6) is 11.5 Å². The van der Waals surface area contributed by atoms with E-state index in [1.807, 2.05) is 0 Å². The van der Waals surface area contributed by atoms with E-state index in [4.69, 9.17) is 15.4 Å². The summed E-state index contributed by atoms with van der Waals surface area (Å²) in [6, 6.07) is 8.48. The third-order valence-corrected chi connectivity index (χ3v) is 4.51. The van der Waals surface area contributed by atoms with Crippen LogP contribution in [-0.2, 0) is 9.05 Å². The fraction of sp³-hybridized carbons (Fsp3) is 0.0769. The Morgan fingerprint density at radius 2 is 1.90 bits per heavy atom. The third kappa shape index (κ3) is 3.50. The molecule has 0 amide bonds. The minimum Gasteiger partial charge on any atom is -0.456 e. The van der Waals surface area contributed by atoms with Crippen molar-refractivity contribution in [1.29, 1.82) is 0 Å². The lowest BCUT2D eigenvalue weighted by molar-refractivity contribution is 0.476. The van der Waals surface area contributed by atoms with Gasteiger partial charge < -0.3 is 4.74 Å². The van der Waals surface area contributed by atoms with Crippen molar-refractivity contribution in [2.45, 2.75) is 11.8 Å². The van der Waals surface area contributed by atoms with E-state index in [2.05, 4.69) is 15.9 Å². The summed E-state index contributed by atoms with van der Waals surface area (Å²) in [6.45, 7) is 1.63. The lowest BCUT2D eigenvalue weighted by Gasteiger charge is -2.09. The summed E-state index contributed by atoms with van der Waals surface area (Å²) in [7, 11) is 1.46. The molecule has 0 radical (unpaired) electrons. The Morgan fingerprint density at radius 1 is 1.20 bits per heavy atom. The van der Waals surface area contributed by atoms with Gasteiger partial charge in [-0.2, -0.15) is 0 Å². The van der Waals surface area contributed by atoms with E-state index < -0.39 is 9.05 Å². The monoisotopic (exact) mass is 378 g/mol. The van der Waals surface area contributed by atoms with E-state index in [-0.39, 0.29) is 10.7 Å². The van der Waals surface area contributed by atoms with Gasteiger partial charge in [0.15, 0.2) is 0 Å². The zero-order valence-electron chi connectivity index (χ0n) is 10.2. The maximum Gasteiger partial charge on any atom is 0.261 e. The second kappa shape index (κ2) is 5.71. The van der Waals surface area contributed by atoms with Crippen molar-refractivity contribution in [2.75, 3.05) is 0 Å². The second-order valence-corrected chi connectivity index (χ2v) is 7.46. The standard InChI is InChI=1S/C13H9BrClFO3S/c1-8-6-9(2-4-12(8)16)19-13-5-3-10(7-11(13)14)20(15,17)18/h2-7H,1H3. The Hall–Kier alpha value is -1.11. The van der Waals surface area contributed by atoms with Crippen molar-refractivity contribution >= 4 is 35.7 Å². The van der Waals surface area contributed by atoms with Crippen LogP contribution in [0, 0.1) is 12.7 Å². The van der Waals surface area contributed by atoms with Crippen molar-refractivity contribution in [2.24, 2.45) is 0 Å². The maximum absolute atomic E-state index is 13.2. The average molecular weight is 380 g/mol. The number of rotatable bonds is 3. The minimum atomic E-state index is -3.79. The van der Waals surface area contributed by atoms with Gasteiger partial charge in [0.1, 0.15) is 17.3 Å². The van der Waals surface area contributed by atoms with Crippen molar-refractivity contribution in [3.63, 3.8) is 0 Å². The Kier molecular flexibility index (Phi) is 4.36. The van der Waals surface area contributed by atoms with Crippen molar-refractivity contribution in [3.05, 3.63) is 52.3 Å². The Labute approximate surface area is 128 Å². The minimum absolute atomic E-state index is 0.0336. The molecule has 0 unspecified atom stereocenters. The Balaban J connectivity index is 2.32. The van der Waals surface area contributed by atoms with Crippen LogP contribution >= 0.6 is 26.6 Å². The smallest absolute Gasteiger partial charge is 0.261 e. The van der Waals surface area contributed by atoms with Crippen LogP contribution in [0.4, 0.5) is 4.39 Å². The first-order chi connectivity index (χ1) is 9.27. The molecule has 2 rings (SSSR count). The van der Waals surface area contributed by atoms with Gasteiger partial charge in [0.25, 0.3) is 9.05 Å². The molecule has 0 aliphatic rings. The molecule has 0 saturated heterocycles. The molecule has 0 saturated carbocycles. The van der Waals surface area contributed by atoms with Crippen LogP contribution in [0.25, 0.3) is 0 Å². The molecule has 0 fully saturated rings. The number of ether oxygens (including phenoxy) is 1. The van der Waals surface area contributed by atoms with Crippen LogP contribution in [0.3, 0.4) is 0 Å². The quantitative estimate of drug-likeness (QED) is 0.731. The van der Waals surface area contributed by atoms with Crippen LogP contribution in [0.2, 0.25) is 0 Å². The van der Waals surface area contributed by atoms with E-state index in [1.54, 1.807) is 13.0 Å². The summed E-state index contributed by atoms with van der Waals surface area (Å²) in [4.78, 5) is -0.0336. The number of benzene rings is 2. The molecule has 2 aromatic rings. The molecule has 0 heterocycles. The highest BCUT2D eigenvalue weighted by molar-refractivity contribution is 9.10. The first-order valence-corrected chi connectivity index (χ1v) is 8.56. The van der Waals surface area contributed by atoms with Crippen molar-refractivity contribution < 1.29 is 17.5 Å². The molecule has 20 heavy (non-hydrogen) atoms. The first-order valence-electron chi connectivity index (χ1n) is 5.45. The van der Waals surface area contributed by atoms with Gasteiger partial charge in [0.05, 0.1) is 9.37 Å². The number of halogens is 3. The van der Waals surface area contributed by atoms with Crippen molar-refractivity contribution in [3.8, 4) is 11.5 Å². The molecule has 0 aliphatic heterocycles. The summed E-state index contributed by atoms with van der Waals surface area (Å²) < 4.78 is 41.5. The highest BCUT2D eigenvalue weighted by Crippen LogP contribution is 2.33.